The van der Waals surface area contributed by atoms with Crippen molar-refractivity contribution in [3.8, 4) is 0 Å². The van der Waals surface area contributed by atoms with Gasteiger partial charge in [-0.15, -0.1) is 10.2 Å². The molecule has 1 atom stereocenters. The van der Waals surface area contributed by atoms with Crippen molar-refractivity contribution in [2.45, 2.75) is 38.9 Å². The van der Waals surface area contributed by atoms with Crippen LogP contribution in [0.2, 0.25) is 0 Å². The van der Waals surface area contributed by atoms with Crippen molar-refractivity contribution in [1.29, 1.82) is 0 Å². The number of fused-ring (bicyclic) bond motifs is 1. The molecule has 1 aromatic carbocycles. The fourth-order valence-corrected chi connectivity index (χ4v) is 3.28. The van der Waals surface area contributed by atoms with Crippen molar-refractivity contribution < 1.29 is 4.79 Å². The Morgan fingerprint density at radius 2 is 2.00 bits per heavy atom. The van der Waals surface area contributed by atoms with Crippen LogP contribution in [-0.2, 0) is 13.1 Å². The van der Waals surface area contributed by atoms with E-state index in [1.165, 1.54) is 11.3 Å². The number of aryl methyl sites for hydroxylation is 1. The predicted octanol–water partition coefficient (Wildman–Crippen LogP) is 2.11. The van der Waals surface area contributed by atoms with Gasteiger partial charge in [-0.05, 0) is 31.4 Å². The number of likely N-dealkylation sites (N-methyl/N-ethyl adjacent to an activating group) is 1. The minimum absolute atomic E-state index is 0.0156. The van der Waals surface area contributed by atoms with Crippen molar-refractivity contribution in [1.82, 2.24) is 25.0 Å². The highest BCUT2D eigenvalue weighted by molar-refractivity contribution is 5.75. The van der Waals surface area contributed by atoms with Gasteiger partial charge in [0.05, 0.1) is 0 Å². The number of hydrogen-bond acceptors (Lipinski definition) is 4. The molecule has 0 saturated heterocycles. The van der Waals surface area contributed by atoms with Gasteiger partial charge in [-0.3, -0.25) is 0 Å². The molecule has 1 aliphatic rings. The highest BCUT2D eigenvalue weighted by Gasteiger charge is 2.26. The number of aromatic nitrogens is 3. The zero-order valence-corrected chi connectivity index (χ0v) is 14.9. The third kappa shape index (κ3) is 4.29. The minimum atomic E-state index is 0.0156. The van der Waals surface area contributed by atoms with Gasteiger partial charge in [-0.25, -0.2) is 4.79 Å². The van der Waals surface area contributed by atoms with E-state index in [2.05, 4.69) is 46.5 Å². The van der Waals surface area contributed by atoms with Crippen molar-refractivity contribution in [2.24, 2.45) is 0 Å². The summed E-state index contributed by atoms with van der Waals surface area (Å²) in [5, 5.41) is 10.6. The highest BCUT2D eigenvalue weighted by atomic mass is 16.2. The Bertz CT molecular complexity index is 687. The van der Waals surface area contributed by atoms with E-state index in [1.54, 1.807) is 12.7 Å². The summed E-state index contributed by atoms with van der Waals surface area (Å²) in [6.45, 7) is 5.14. The van der Waals surface area contributed by atoms with E-state index in [-0.39, 0.29) is 12.1 Å². The molecular formula is C18H26N6O. The second-order valence-electron chi connectivity index (χ2n) is 6.62. The van der Waals surface area contributed by atoms with Gasteiger partial charge in [0.25, 0.3) is 0 Å². The van der Waals surface area contributed by atoms with E-state index in [0.717, 1.165) is 25.9 Å². The van der Waals surface area contributed by atoms with Crippen LogP contribution in [0.1, 0.15) is 25.3 Å². The number of carbonyl (C=O) groups is 1. The van der Waals surface area contributed by atoms with Gasteiger partial charge in [0.2, 0.25) is 0 Å². The first-order valence-corrected chi connectivity index (χ1v) is 8.81. The quantitative estimate of drug-likeness (QED) is 0.845. The molecule has 1 aliphatic heterocycles. The summed E-state index contributed by atoms with van der Waals surface area (Å²) < 4.78 is 1.95. The number of nitrogens with one attached hydrogen (secondary N) is 1. The largest absolute Gasteiger partial charge is 0.372 e. The van der Waals surface area contributed by atoms with Crippen LogP contribution in [-0.4, -0.2) is 51.9 Å². The molecule has 0 saturated carbocycles. The van der Waals surface area contributed by atoms with Gasteiger partial charge in [-0.2, -0.15) is 0 Å². The predicted molar refractivity (Wildman–Crippen MR) is 97.4 cm³/mol. The molecule has 2 amide bonds. The molecule has 0 bridgehead atoms. The second kappa shape index (κ2) is 8.00. The summed E-state index contributed by atoms with van der Waals surface area (Å²) in [6.07, 6.45) is 5.35. The first kappa shape index (κ1) is 17.3. The molecule has 3 rings (SSSR count). The third-order valence-corrected chi connectivity index (χ3v) is 4.66. The summed E-state index contributed by atoms with van der Waals surface area (Å²) in [4.78, 5) is 16.8. The number of unbranched alkanes of at least 4 members (excludes halogenated alkanes) is 1. The van der Waals surface area contributed by atoms with Crippen LogP contribution in [0.15, 0.2) is 36.9 Å². The molecule has 7 nitrogen and oxygen atoms in total. The number of carbonyl (C=O) groups excluding carboxylic acids is 1. The van der Waals surface area contributed by atoms with Crippen molar-refractivity contribution in [3.05, 3.63) is 42.5 Å². The van der Waals surface area contributed by atoms with E-state index >= 15 is 0 Å². The van der Waals surface area contributed by atoms with Crippen molar-refractivity contribution in [2.75, 3.05) is 25.0 Å². The number of rotatable bonds is 5. The van der Waals surface area contributed by atoms with Gasteiger partial charge in [0, 0.05) is 45.0 Å². The first-order chi connectivity index (χ1) is 12.1. The summed E-state index contributed by atoms with van der Waals surface area (Å²) in [6, 6.07) is 8.48. The number of benzene rings is 1. The lowest BCUT2D eigenvalue weighted by molar-refractivity contribution is 0.178. The number of nitrogens with zero attached hydrogens (tertiary/aromatic N) is 5. The molecule has 0 fully saturated rings. The highest BCUT2D eigenvalue weighted by Crippen LogP contribution is 2.25. The van der Waals surface area contributed by atoms with Gasteiger partial charge in [0.15, 0.2) is 0 Å². The lowest BCUT2D eigenvalue weighted by atomic mass is 10.1. The van der Waals surface area contributed by atoms with Crippen LogP contribution in [0.25, 0.3) is 0 Å². The standard InChI is InChI=1S/C18H26N6O/c1-15-11-22(2)17-8-4-3-7-16(17)12-24(15)18(25)19-9-5-6-10-23-13-20-21-14-23/h3-4,7-8,13-15H,5-6,9-12H2,1-2H3,(H,19,25)/t15-/m0/s1. The molecule has 134 valence electrons. The lowest BCUT2D eigenvalue weighted by Gasteiger charge is -2.28. The topological polar surface area (TPSA) is 66.3 Å². The van der Waals surface area contributed by atoms with E-state index < -0.39 is 0 Å². The van der Waals surface area contributed by atoms with E-state index in [0.29, 0.717) is 13.1 Å². The Labute approximate surface area is 148 Å². The molecule has 7 heteroatoms. The number of urea groups is 1. The van der Waals surface area contributed by atoms with Gasteiger partial charge < -0.3 is 19.7 Å². The molecular weight excluding hydrogens is 316 g/mol. The van der Waals surface area contributed by atoms with Crippen LogP contribution in [0.4, 0.5) is 10.5 Å². The maximum atomic E-state index is 12.6. The Morgan fingerprint density at radius 3 is 2.80 bits per heavy atom. The Kier molecular flexibility index (Phi) is 5.53. The molecule has 1 N–H and O–H groups in total. The monoisotopic (exact) mass is 342 g/mol. The average Bonchev–Trinajstić information content (AvgIpc) is 3.08. The smallest absolute Gasteiger partial charge is 0.318 e. The molecule has 25 heavy (non-hydrogen) atoms. The minimum Gasteiger partial charge on any atom is -0.372 e. The summed E-state index contributed by atoms with van der Waals surface area (Å²) in [5.74, 6) is 0. The maximum absolute atomic E-state index is 12.6. The zero-order valence-electron chi connectivity index (χ0n) is 14.9. The SMILES string of the molecule is C[C@H]1CN(C)c2ccccc2CN1C(=O)NCCCCn1cnnc1. The van der Waals surface area contributed by atoms with Gasteiger partial charge in [-0.1, -0.05) is 18.2 Å². The van der Waals surface area contributed by atoms with Crippen LogP contribution >= 0.6 is 0 Å². The van der Waals surface area contributed by atoms with Crippen LogP contribution in [0.3, 0.4) is 0 Å². The molecule has 0 radical (unpaired) electrons. The van der Waals surface area contributed by atoms with Crippen molar-refractivity contribution >= 4 is 11.7 Å². The fraction of sp³-hybridized carbons (Fsp3) is 0.500. The van der Waals surface area contributed by atoms with Crippen LogP contribution < -0.4 is 10.2 Å². The van der Waals surface area contributed by atoms with Gasteiger partial charge in [0.1, 0.15) is 12.7 Å². The number of hydrogen-bond donors (Lipinski definition) is 1. The summed E-state index contributed by atoms with van der Waals surface area (Å²) in [7, 11) is 2.09. The molecule has 0 aliphatic carbocycles. The normalized spacial score (nSPS) is 17.1. The number of amides is 2. The molecule has 0 unspecified atom stereocenters. The zero-order chi connectivity index (χ0) is 17.6. The lowest BCUT2D eigenvalue weighted by Crippen LogP contribution is -2.47. The van der Waals surface area contributed by atoms with Gasteiger partial charge >= 0.3 is 6.03 Å². The van der Waals surface area contributed by atoms with Crippen molar-refractivity contribution in [3.63, 3.8) is 0 Å². The number of para-hydroxylation sites is 1. The van der Waals surface area contributed by atoms with Crippen LogP contribution in [0, 0.1) is 0 Å². The summed E-state index contributed by atoms with van der Waals surface area (Å²) >= 11 is 0. The first-order valence-electron chi connectivity index (χ1n) is 8.81. The van der Waals surface area contributed by atoms with E-state index in [1.807, 2.05) is 21.6 Å². The molecule has 2 aromatic rings. The molecule has 1 aromatic heterocycles. The molecule has 2 heterocycles. The molecule has 0 spiro atoms. The maximum Gasteiger partial charge on any atom is 0.318 e. The van der Waals surface area contributed by atoms with E-state index in [4.69, 9.17) is 0 Å². The number of anilines is 1. The fourth-order valence-electron chi connectivity index (χ4n) is 3.28. The second-order valence-corrected chi connectivity index (χ2v) is 6.62. The van der Waals surface area contributed by atoms with E-state index in [9.17, 15) is 4.79 Å². The Morgan fingerprint density at radius 1 is 1.24 bits per heavy atom. The third-order valence-electron chi connectivity index (χ3n) is 4.66. The summed E-state index contributed by atoms with van der Waals surface area (Å²) in [5.41, 5.74) is 2.40. The Hall–Kier alpha value is -2.57. The van der Waals surface area contributed by atoms with Crippen LogP contribution in [0.5, 0.6) is 0 Å². The Balaban J connectivity index is 1.51. The average molecular weight is 342 g/mol.